The van der Waals surface area contributed by atoms with Crippen molar-refractivity contribution >= 4 is 5.69 Å². The van der Waals surface area contributed by atoms with Gasteiger partial charge in [-0.25, -0.2) is 0 Å². The summed E-state index contributed by atoms with van der Waals surface area (Å²) in [4.78, 5) is 10.3. The van der Waals surface area contributed by atoms with Gasteiger partial charge in [0.15, 0.2) is 0 Å². The maximum Gasteiger partial charge on any atom is 0.269 e. The van der Waals surface area contributed by atoms with E-state index in [0.717, 1.165) is 11.1 Å². The SMILES string of the molecule is CC(C)(C)c1cc(Oc2ccc([N+](=O)[O-])cc2)cc(C(C)(C)C)c1O. The quantitative estimate of drug-likeness (QED) is 0.574. The maximum atomic E-state index is 10.8. The van der Waals surface area contributed by atoms with Gasteiger partial charge in [0.1, 0.15) is 17.2 Å². The second kappa shape index (κ2) is 6.39. The zero-order chi connectivity index (χ0) is 19.0. The molecule has 2 aromatic rings. The van der Waals surface area contributed by atoms with Gasteiger partial charge < -0.3 is 9.84 Å². The number of non-ortho nitro benzene ring substituents is 1. The summed E-state index contributed by atoms with van der Waals surface area (Å²) in [6, 6.07) is 9.60. The molecule has 0 amide bonds. The minimum atomic E-state index is -0.445. The van der Waals surface area contributed by atoms with E-state index in [9.17, 15) is 15.2 Å². The molecule has 0 radical (unpaired) electrons. The van der Waals surface area contributed by atoms with Crippen molar-refractivity contribution < 1.29 is 14.8 Å². The highest BCUT2D eigenvalue weighted by molar-refractivity contribution is 5.53. The van der Waals surface area contributed by atoms with E-state index in [2.05, 4.69) is 0 Å². The van der Waals surface area contributed by atoms with Crippen LogP contribution in [0.1, 0.15) is 52.7 Å². The molecule has 2 aromatic carbocycles. The zero-order valence-electron chi connectivity index (χ0n) is 15.6. The van der Waals surface area contributed by atoms with Crippen LogP contribution in [0, 0.1) is 10.1 Å². The van der Waals surface area contributed by atoms with Gasteiger partial charge in [-0.15, -0.1) is 0 Å². The highest BCUT2D eigenvalue weighted by atomic mass is 16.6. The molecule has 1 N–H and O–H groups in total. The number of hydrogen-bond acceptors (Lipinski definition) is 4. The lowest BCUT2D eigenvalue weighted by molar-refractivity contribution is -0.384. The first-order valence-electron chi connectivity index (χ1n) is 8.20. The average Bonchev–Trinajstić information content (AvgIpc) is 2.47. The second-order valence-electron chi connectivity index (χ2n) is 8.22. The van der Waals surface area contributed by atoms with Crippen molar-refractivity contribution in [3.05, 3.63) is 57.6 Å². The van der Waals surface area contributed by atoms with Crippen molar-refractivity contribution in [3.8, 4) is 17.2 Å². The number of ether oxygens (including phenoxy) is 1. The normalized spacial score (nSPS) is 12.1. The smallest absolute Gasteiger partial charge is 0.269 e. The van der Waals surface area contributed by atoms with E-state index >= 15 is 0 Å². The molecular weight excluding hydrogens is 318 g/mol. The van der Waals surface area contributed by atoms with Crippen LogP contribution < -0.4 is 4.74 Å². The van der Waals surface area contributed by atoms with Gasteiger partial charge in [-0.05, 0) is 35.1 Å². The number of nitro groups is 1. The number of phenolic OH excluding ortho intramolecular Hbond substituents is 1. The minimum Gasteiger partial charge on any atom is -0.507 e. The number of nitro benzene ring substituents is 1. The molecule has 0 atom stereocenters. The Bertz CT molecular complexity index is 746. The molecule has 0 heterocycles. The van der Waals surface area contributed by atoms with E-state index in [1.807, 2.05) is 53.7 Å². The molecule has 134 valence electrons. The molecule has 0 fully saturated rings. The maximum absolute atomic E-state index is 10.8. The summed E-state index contributed by atoms with van der Waals surface area (Å²) in [5, 5.41) is 21.5. The Hall–Kier alpha value is -2.56. The van der Waals surface area contributed by atoms with Crippen molar-refractivity contribution in [1.82, 2.24) is 0 Å². The third-order valence-electron chi connectivity index (χ3n) is 3.98. The van der Waals surface area contributed by atoms with Crippen LogP contribution in [-0.2, 0) is 10.8 Å². The number of hydrogen-bond donors (Lipinski definition) is 1. The summed E-state index contributed by atoms with van der Waals surface area (Å²) in [5.74, 6) is 1.40. The minimum absolute atomic E-state index is 0.0174. The van der Waals surface area contributed by atoms with Crippen LogP contribution in [-0.4, -0.2) is 10.0 Å². The summed E-state index contributed by atoms with van der Waals surface area (Å²) >= 11 is 0. The summed E-state index contributed by atoms with van der Waals surface area (Å²) in [5.41, 5.74) is 1.12. The average molecular weight is 343 g/mol. The number of rotatable bonds is 3. The standard InChI is InChI=1S/C20H25NO4/c1-19(2,3)16-11-15(12-17(18(16)22)20(4,5)6)25-14-9-7-13(8-10-14)21(23)24/h7-12,22H,1-6H3. The van der Waals surface area contributed by atoms with Crippen LogP contribution in [0.15, 0.2) is 36.4 Å². The third-order valence-corrected chi connectivity index (χ3v) is 3.98. The van der Waals surface area contributed by atoms with Gasteiger partial charge in [0.25, 0.3) is 5.69 Å². The van der Waals surface area contributed by atoms with Gasteiger partial charge in [0, 0.05) is 23.3 Å². The lowest BCUT2D eigenvalue weighted by Gasteiger charge is -2.28. The fraction of sp³-hybridized carbons (Fsp3) is 0.400. The van der Waals surface area contributed by atoms with Crippen LogP contribution in [0.25, 0.3) is 0 Å². The number of phenols is 1. The Morgan fingerprint density at radius 3 is 1.68 bits per heavy atom. The van der Waals surface area contributed by atoms with Crippen LogP contribution in [0.2, 0.25) is 0 Å². The summed E-state index contributed by atoms with van der Waals surface area (Å²) in [6.45, 7) is 12.2. The fourth-order valence-corrected chi connectivity index (χ4v) is 2.58. The molecule has 0 aliphatic rings. The Labute approximate surface area is 148 Å². The van der Waals surface area contributed by atoms with Crippen molar-refractivity contribution in [2.24, 2.45) is 0 Å². The van der Waals surface area contributed by atoms with Gasteiger partial charge in [0.2, 0.25) is 0 Å². The molecule has 0 saturated carbocycles. The van der Waals surface area contributed by atoms with Crippen molar-refractivity contribution in [1.29, 1.82) is 0 Å². The summed E-state index contributed by atoms with van der Waals surface area (Å²) < 4.78 is 5.91. The van der Waals surface area contributed by atoms with Crippen LogP contribution in [0.5, 0.6) is 17.2 Å². The molecule has 5 nitrogen and oxygen atoms in total. The molecule has 0 aliphatic heterocycles. The Morgan fingerprint density at radius 2 is 1.32 bits per heavy atom. The topological polar surface area (TPSA) is 72.6 Å². The largest absolute Gasteiger partial charge is 0.507 e. The third kappa shape index (κ3) is 4.29. The van der Waals surface area contributed by atoms with Gasteiger partial charge in [0.05, 0.1) is 4.92 Å². The van der Waals surface area contributed by atoms with Gasteiger partial charge in [-0.3, -0.25) is 10.1 Å². The Balaban J connectivity index is 2.48. The fourth-order valence-electron chi connectivity index (χ4n) is 2.58. The van der Waals surface area contributed by atoms with Crippen molar-refractivity contribution in [3.63, 3.8) is 0 Å². The predicted molar refractivity (Wildman–Crippen MR) is 98.7 cm³/mol. The van der Waals surface area contributed by atoms with E-state index in [0.29, 0.717) is 11.5 Å². The van der Waals surface area contributed by atoms with Crippen molar-refractivity contribution in [2.45, 2.75) is 52.4 Å². The second-order valence-corrected chi connectivity index (χ2v) is 8.22. The molecule has 2 rings (SSSR count). The Morgan fingerprint density at radius 1 is 0.880 bits per heavy atom. The lowest BCUT2D eigenvalue weighted by Crippen LogP contribution is -2.17. The highest BCUT2D eigenvalue weighted by Crippen LogP contribution is 2.42. The molecule has 0 aromatic heterocycles. The Kier molecular flexibility index (Phi) is 4.80. The molecule has 0 unspecified atom stereocenters. The molecule has 0 aliphatic carbocycles. The molecule has 5 heteroatoms. The number of aromatic hydroxyl groups is 1. The molecular formula is C20H25NO4. The highest BCUT2D eigenvalue weighted by Gasteiger charge is 2.27. The van der Waals surface area contributed by atoms with Gasteiger partial charge in [-0.2, -0.15) is 0 Å². The zero-order valence-corrected chi connectivity index (χ0v) is 15.6. The van der Waals surface area contributed by atoms with E-state index < -0.39 is 4.92 Å². The molecule has 0 saturated heterocycles. The first-order valence-corrected chi connectivity index (χ1v) is 8.20. The summed E-state index contributed by atoms with van der Waals surface area (Å²) in [6.07, 6.45) is 0. The first kappa shape index (κ1) is 18.8. The summed E-state index contributed by atoms with van der Waals surface area (Å²) in [7, 11) is 0. The number of nitrogens with zero attached hydrogens (tertiary/aromatic N) is 1. The van der Waals surface area contributed by atoms with Crippen LogP contribution >= 0.6 is 0 Å². The van der Waals surface area contributed by atoms with Gasteiger partial charge >= 0.3 is 0 Å². The molecule has 0 bridgehead atoms. The van der Waals surface area contributed by atoms with Crippen molar-refractivity contribution in [2.75, 3.05) is 0 Å². The lowest BCUT2D eigenvalue weighted by atomic mass is 9.79. The molecule has 25 heavy (non-hydrogen) atoms. The van der Waals surface area contributed by atoms with Crippen LogP contribution in [0.3, 0.4) is 0 Å². The predicted octanol–water partition coefficient (Wildman–Crippen LogP) is 5.69. The number of benzene rings is 2. The van der Waals surface area contributed by atoms with E-state index in [4.69, 9.17) is 4.74 Å². The van der Waals surface area contributed by atoms with Crippen LogP contribution in [0.4, 0.5) is 5.69 Å². The van der Waals surface area contributed by atoms with Gasteiger partial charge in [-0.1, -0.05) is 41.5 Å². The monoisotopic (exact) mass is 343 g/mol. The van der Waals surface area contributed by atoms with E-state index in [1.165, 1.54) is 12.1 Å². The van der Waals surface area contributed by atoms with E-state index in [-0.39, 0.29) is 22.3 Å². The van der Waals surface area contributed by atoms with E-state index in [1.54, 1.807) is 12.1 Å². The first-order chi connectivity index (χ1) is 11.4. The molecule has 0 spiro atoms.